The first kappa shape index (κ1) is 28.6. The molecule has 6 heteroatoms. The van der Waals surface area contributed by atoms with E-state index in [1.165, 1.54) is 5.39 Å². The van der Waals surface area contributed by atoms with Crippen LogP contribution in [0.25, 0.3) is 125 Å². The molecule has 0 bridgehead atoms. The summed E-state index contributed by atoms with van der Waals surface area (Å²) in [6.45, 7) is 0. The highest BCUT2D eigenvalue weighted by Crippen LogP contribution is 2.48. The van der Waals surface area contributed by atoms with E-state index in [1.807, 2.05) is 12.1 Å². The number of aromatic nitrogens is 3. The maximum Gasteiger partial charge on any atom is 0.165 e. The molecule has 0 aliphatic heterocycles. The van der Waals surface area contributed by atoms with Crippen molar-refractivity contribution in [3.8, 4) is 17.1 Å². The number of hydrogen-bond donors (Lipinski definition) is 0. The van der Waals surface area contributed by atoms with Gasteiger partial charge in [0.1, 0.15) is 32.8 Å². The summed E-state index contributed by atoms with van der Waals surface area (Å²) in [6.07, 6.45) is 0. The molecule has 5 nitrogen and oxygen atoms in total. The smallest absolute Gasteiger partial charge is 0.165 e. The lowest BCUT2D eigenvalue weighted by molar-refractivity contribution is 0.669. The summed E-state index contributed by atoms with van der Waals surface area (Å²) in [5, 5.41) is 12.3. The van der Waals surface area contributed by atoms with Crippen LogP contribution in [0.5, 0.6) is 0 Å². The quantitative estimate of drug-likeness (QED) is 0.179. The van der Waals surface area contributed by atoms with Gasteiger partial charge in [-0.3, -0.25) is 4.57 Å². The monoisotopic (exact) mass is 707 g/mol. The third-order valence-electron chi connectivity index (χ3n) is 11.2. The van der Waals surface area contributed by atoms with Gasteiger partial charge in [0.15, 0.2) is 11.4 Å². The summed E-state index contributed by atoms with van der Waals surface area (Å²) in [6, 6.07) is 53.3. The summed E-state index contributed by atoms with van der Waals surface area (Å²) >= 11 is 1.67. The highest BCUT2D eigenvalue weighted by Gasteiger charge is 2.27. The SMILES string of the molecule is c1ccc2c(c1)ccc1c2oc2c1c1ccccc1c1c3ccccc3n(-c3nc4c(nc3-c3ccc5c(c3)oc3ccccc35)sc3ccccc34)c21. The molecule has 0 radical (unpaired) electrons. The first-order valence-corrected chi connectivity index (χ1v) is 18.9. The first-order valence-electron chi connectivity index (χ1n) is 18.1. The van der Waals surface area contributed by atoms with E-state index >= 15 is 0 Å². The molecule has 13 rings (SSSR count). The molecule has 5 aromatic heterocycles. The Hall–Kier alpha value is -7.02. The minimum Gasteiger partial charge on any atom is -0.456 e. The number of rotatable bonds is 2. The fourth-order valence-electron chi connectivity index (χ4n) is 8.86. The van der Waals surface area contributed by atoms with Gasteiger partial charge in [0.05, 0.1) is 11.0 Å². The van der Waals surface area contributed by atoms with Gasteiger partial charge in [-0.2, -0.15) is 0 Å². The fraction of sp³-hybridized carbons (Fsp3) is 0. The van der Waals surface area contributed by atoms with Crippen LogP contribution in [-0.4, -0.2) is 14.5 Å². The molecular weight excluding hydrogens is 683 g/mol. The molecule has 0 atom stereocenters. The van der Waals surface area contributed by atoms with Crippen LogP contribution in [-0.2, 0) is 0 Å². The summed E-state index contributed by atoms with van der Waals surface area (Å²) in [5.74, 6) is 0.745. The number of para-hydroxylation sites is 2. The second-order valence-electron chi connectivity index (χ2n) is 14.0. The van der Waals surface area contributed by atoms with E-state index < -0.39 is 0 Å². The van der Waals surface area contributed by atoms with Gasteiger partial charge < -0.3 is 8.83 Å². The van der Waals surface area contributed by atoms with E-state index in [2.05, 4.69) is 144 Å². The van der Waals surface area contributed by atoms with Crippen LogP contribution >= 0.6 is 11.3 Å². The fourth-order valence-corrected chi connectivity index (χ4v) is 9.88. The van der Waals surface area contributed by atoms with Gasteiger partial charge in [-0.15, -0.1) is 11.3 Å². The Labute approximate surface area is 309 Å². The van der Waals surface area contributed by atoms with Crippen molar-refractivity contribution in [2.45, 2.75) is 0 Å². The Bertz CT molecular complexity index is 3750. The summed E-state index contributed by atoms with van der Waals surface area (Å²) in [7, 11) is 0. The Kier molecular flexibility index (Phi) is 5.45. The topological polar surface area (TPSA) is 57.0 Å². The Morgan fingerprint density at radius 2 is 1.17 bits per heavy atom. The van der Waals surface area contributed by atoms with Crippen molar-refractivity contribution in [3.63, 3.8) is 0 Å². The lowest BCUT2D eigenvalue weighted by Crippen LogP contribution is -2.03. The van der Waals surface area contributed by atoms with E-state index in [9.17, 15) is 0 Å². The van der Waals surface area contributed by atoms with Crippen molar-refractivity contribution in [3.05, 3.63) is 152 Å². The molecule has 5 heterocycles. The zero-order valence-electron chi connectivity index (χ0n) is 28.5. The third kappa shape index (κ3) is 3.67. The van der Waals surface area contributed by atoms with Crippen molar-refractivity contribution in [1.29, 1.82) is 0 Å². The molecule has 54 heavy (non-hydrogen) atoms. The maximum absolute atomic E-state index is 7.18. The largest absolute Gasteiger partial charge is 0.456 e. The third-order valence-corrected chi connectivity index (χ3v) is 12.2. The van der Waals surface area contributed by atoms with E-state index in [4.69, 9.17) is 18.8 Å². The van der Waals surface area contributed by atoms with Gasteiger partial charge in [0.2, 0.25) is 0 Å². The van der Waals surface area contributed by atoms with Gasteiger partial charge in [-0.1, -0.05) is 115 Å². The number of thiophene rings is 1. The van der Waals surface area contributed by atoms with E-state index in [0.29, 0.717) is 0 Å². The Morgan fingerprint density at radius 1 is 0.481 bits per heavy atom. The molecule has 8 aromatic carbocycles. The number of nitrogens with zero attached hydrogens (tertiary/aromatic N) is 3. The molecule has 13 aromatic rings. The maximum atomic E-state index is 7.18. The number of benzene rings is 8. The molecule has 0 amide bonds. The average molecular weight is 708 g/mol. The van der Waals surface area contributed by atoms with Crippen molar-refractivity contribution in [2.75, 3.05) is 0 Å². The van der Waals surface area contributed by atoms with Crippen molar-refractivity contribution < 1.29 is 8.83 Å². The number of furan rings is 2. The van der Waals surface area contributed by atoms with Crippen LogP contribution in [0.3, 0.4) is 0 Å². The summed E-state index contributed by atoms with van der Waals surface area (Å²) in [5.41, 5.74) is 8.02. The van der Waals surface area contributed by atoms with E-state index in [1.54, 1.807) is 11.3 Å². The summed E-state index contributed by atoms with van der Waals surface area (Å²) in [4.78, 5) is 12.0. The van der Waals surface area contributed by atoms with Gasteiger partial charge >= 0.3 is 0 Å². The van der Waals surface area contributed by atoms with Gasteiger partial charge in [0.25, 0.3) is 0 Å². The minimum absolute atomic E-state index is 0.745. The van der Waals surface area contributed by atoms with Crippen LogP contribution < -0.4 is 0 Å². The highest BCUT2D eigenvalue weighted by atomic mass is 32.1. The van der Waals surface area contributed by atoms with Gasteiger partial charge in [0, 0.05) is 53.4 Å². The molecule has 0 aliphatic rings. The zero-order chi connectivity index (χ0) is 35.1. The first-order chi connectivity index (χ1) is 26.8. The molecule has 0 fully saturated rings. The molecule has 250 valence electrons. The van der Waals surface area contributed by atoms with Crippen molar-refractivity contribution in [1.82, 2.24) is 14.5 Å². The zero-order valence-corrected chi connectivity index (χ0v) is 29.3. The lowest BCUT2D eigenvalue weighted by Gasteiger charge is -2.13. The Balaban J connectivity index is 1.25. The molecule has 0 saturated carbocycles. The minimum atomic E-state index is 0.745. The highest BCUT2D eigenvalue weighted by molar-refractivity contribution is 7.25. The molecule has 0 unspecified atom stereocenters. The molecule has 0 saturated heterocycles. The molecule has 0 spiro atoms. The van der Waals surface area contributed by atoms with Crippen molar-refractivity contribution in [2.24, 2.45) is 0 Å². The normalized spacial score (nSPS) is 12.4. The standard InChI is InChI=1S/C48H25N3O2S/c1-2-12-28-26(11-1)21-24-35-41-32-15-4-3-14-31(32)40-33-16-5-8-18-36(33)51(44(40)46(41)53-45(28)35)47-42(50-48-43(49-47)34-17-7-10-20-39(34)54-48)27-22-23-30-29-13-6-9-19-37(29)52-38(30)25-27/h1-25H. The molecular formula is C48H25N3O2S. The molecule has 0 aliphatic carbocycles. The van der Waals surface area contributed by atoms with Gasteiger partial charge in [-0.25, -0.2) is 9.97 Å². The predicted molar refractivity (Wildman–Crippen MR) is 224 cm³/mol. The van der Waals surface area contributed by atoms with Gasteiger partial charge in [-0.05, 0) is 52.6 Å². The van der Waals surface area contributed by atoms with Crippen LogP contribution in [0.15, 0.2) is 160 Å². The van der Waals surface area contributed by atoms with E-state index in [0.717, 1.165) is 119 Å². The van der Waals surface area contributed by atoms with Crippen LogP contribution in [0.1, 0.15) is 0 Å². The molecule has 0 N–H and O–H groups in total. The van der Waals surface area contributed by atoms with Crippen molar-refractivity contribution >= 4 is 119 Å². The Morgan fingerprint density at radius 3 is 2.06 bits per heavy atom. The second-order valence-corrected chi connectivity index (χ2v) is 15.1. The van der Waals surface area contributed by atoms with Crippen LogP contribution in [0.4, 0.5) is 0 Å². The lowest BCUT2D eigenvalue weighted by atomic mass is 9.98. The van der Waals surface area contributed by atoms with E-state index in [-0.39, 0.29) is 0 Å². The number of fused-ring (bicyclic) bond motifs is 18. The number of hydrogen-bond acceptors (Lipinski definition) is 5. The summed E-state index contributed by atoms with van der Waals surface area (Å²) < 4.78 is 17.1. The van der Waals surface area contributed by atoms with Crippen LogP contribution in [0.2, 0.25) is 0 Å². The average Bonchev–Trinajstić information content (AvgIpc) is 3.99. The second kappa shape index (κ2) is 10.3. The predicted octanol–water partition coefficient (Wildman–Crippen LogP) is 13.7. The van der Waals surface area contributed by atoms with Crippen LogP contribution in [0, 0.1) is 0 Å².